The molecule has 1 atom stereocenters. The molecule has 5 rings (SSSR count). The fraction of sp³-hybridized carbons (Fsp3) is 0.0870. The van der Waals surface area contributed by atoms with Crippen LogP contribution in [0.15, 0.2) is 84.5 Å². The SMILES string of the molecule is CC1=C(C(=O)Nc2cccnc2)C(c2ccccn2)n2nc(-c3ccc(O)cc3)nc2N1. The zero-order valence-electron chi connectivity index (χ0n) is 17.1. The molecule has 9 nitrogen and oxygen atoms in total. The van der Waals surface area contributed by atoms with Gasteiger partial charge in [-0.15, -0.1) is 5.10 Å². The van der Waals surface area contributed by atoms with Gasteiger partial charge in [0.05, 0.1) is 23.2 Å². The molecule has 0 saturated carbocycles. The third kappa shape index (κ3) is 3.56. The number of nitrogens with one attached hydrogen (secondary N) is 2. The van der Waals surface area contributed by atoms with Crippen LogP contribution in [0.3, 0.4) is 0 Å². The van der Waals surface area contributed by atoms with E-state index in [1.165, 1.54) is 0 Å². The van der Waals surface area contributed by atoms with Crippen molar-refractivity contribution in [1.82, 2.24) is 24.7 Å². The quantitative estimate of drug-likeness (QED) is 0.459. The first-order valence-corrected chi connectivity index (χ1v) is 9.96. The van der Waals surface area contributed by atoms with Crippen molar-refractivity contribution in [3.63, 3.8) is 0 Å². The van der Waals surface area contributed by atoms with E-state index in [4.69, 9.17) is 0 Å². The predicted octanol–water partition coefficient (Wildman–Crippen LogP) is 3.37. The fourth-order valence-corrected chi connectivity index (χ4v) is 3.62. The van der Waals surface area contributed by atoms with Crippen molar-refractivity contribution in [2.75, 3.05) is 10.6 Å². The molecule has 1 unspecified atom stereocenters. The van der Waals surface area contributed by atoms with Crippen molar-refractivity contribution in [2.24, 2.45) is 0 Å². The summed E-state index contributed by atoms with van der Waals surface area (Å²) in [4.78, 5) is 26.5. The molecule has 0 saturated heterocycles. The Balaban J connectivity index is 1.59. The molecule has 158 valence electrons. The van der Waals surface area contributed by atoms with Gasteiger partial charge >= 0.3 is 0 Å². The Morgan fingerprint density at radius 2 is 1.94 bits per heavy atom. The van der Waals surface area contributed by atoms with E-state index in [0.29, 0.717) is 34.4 Å². The molecule has 32 heavy (non-hydrogen) atoms. The maximum atomic E-state index is 13.3. The molecule has 9 heteroatoms. The van der Waals surface area contributed by atoms with Crippen molar-refractivity contribution in [1.29, 1.82) is 0 Å². The number of hydrogen-bond acceptors (Lipinski definition) is 7. The van der Waals surface area contributed by atoms with Crippen molar-refractivity contribution < 1.29 is 9.90 Å². The van der Waals surface area contributed by atoms with Gasteiger partial charge in [-0.25, -0.2) is 4.68 Å². The molecule has 0 spiro atoms. The number of aromatic nitrogens is 5. The number of phenolic OH excluding ortho intramolecular Hbond substituents is 1. The molecule has 4 aromatic rings. The number of pyridine rings is 2. The van der Waals surface area contributed by atoms with Gasteiger partial charge in [0.15, 0.2) is 5.82 Å². The van der Waals surface area contributed by atoms with E-state index in [-0.39, 0.29) is 11.7 Å². The summed E-state index contributed by atoms with van der Waals surface area (Å²) in [7, 11) is 0. The van der Waals surface area contributed by atoms with Crippen LogP contribution >= 0.6 is 0 Å². The lowest BCUT2D eigenvalue weighted by molar-refractivity contribution is -0.113. The van der Waals surface area contributed by atoms with Gasteiger partial charge in [-0.2, -0.15) is 4.98 Å². The molecule has 0 aliphatic carbocycles. The molecule has 1 amide bonds. The highest BCUT2D eigenvalue weighted by molar-refractivity contribution is 6.05. The molecule has 1 aliphatic heterocycles. The molecular formula is C23H19N7O2. The number of carbonyl (C=O) groups is 1. The summed E-state index contributed by atoms with van der Waals surface area (Å²) in [5.74, 6) is 0.842. The van der Waals surface area contributed by atoms with Crippen LogP contribution in [0.1, 0.15) is 18.7 Å². The van der Waals surface area contributed by atoms with Crippen LogP contribution < -0.4 is 10.6 Å². The standard InChI is InChI=1S/C23H19N7O2/c1-14-19(22(32)27-16-5-4-11-24-13-16)20(18-6-2-3-12-25-18)30-23(26-14)28-21(29-30)15-7-9-17(31)10-8-15/h2-13,20,31H,1H3,(H,27,32)(H,26,28,29). The average Bonchev–Trinajstić information content (AvgIpc) is 3.23. The maximum Gasteiger partial charge on any atom is 0.255 e. The van der Waals surface area contributed by atoms with E-state index in [1.807, 2.05) is 25.1 Å². The molecule has 3 aromatic heterocycles. The minimum atomic E-state index is -0.581. The van der Waals surface area contributed by atoms with Crippen LogP contribution in [0, 0.1) is 0 Å². The topological polar surface area (TPSA) is 118 Å². The summed E-state index contributed by atoms with van der Waals surface area (Å²) < 4.78 is 1.66. The van der Waals surface area contributed by atoms with Crippen molar-refractivity contribution >= 4 is 17.5 Å². The second-order valence-corrected chi connectivity index (χ2v) is 7.27. The van der Waals surface area contributed by atoms with Crippen molar-refractivity contribution in [2.45, 2.75) is 13.0 Å². The lowest BCUT2D eigenvalue weighted by Gasteiger charge is -2.27. The number of anilines is 2. The third-order valence-electron chi connectivity index (χ3n) is 5.11. The Morgan fingerprint density at radius 1 is 1.09 bits per heavy atom. The van der Waals surface area contributed by atoms with Gasteiger partial charge in [-0.05, 0) is 55.5 Å². The number of benzene rings is 1. The Hall–Kier alpha value is -4.53. The number of phenols is 1. The highest BCUT2D eigenvalue weighted by atomic mass is 16.3. The Bertz CT molecular complexity index is 1300. The van der Waals surface area contributed by atoms with Crippen LogP contribution in [0.4, 0.5) is 11.6 Å². The summed E-state index contributed by atoms with van der Waals surface area (Å²) in [6.45, 7) is 1.83. The van der Waals surface area contributed by atoms with Crippen molar-refractivity contribution in [3.05, 3.63) is 90.2 Å². The molecule has 1 aromatic carbocycles. The minimum Gasteiger partial charge on any atom is -0.508 e. The van der Waals surface area contributed by atoms with Crippen LogP contribution in [0.2, 0.25) is 0 Å². The average molecular weight is 425 g/mol. The minimum absolute atomic E-state index is 0.161. The number of nitrogens with zero attached hydrogens (tertiary/aromatic N) is 5. The van der Waals surface area contributed by atoms with E-state index in [0.717, 1.165) is 5.56 Å². The fourth-order valence-electron chi connectivity index (χ4n) is 3.62. The highest BCUT2D eigenvalue weighted by Crippen LogP contribution is 2.36. The van der Waals surface area contributed by atoms with Gasteiger partial charge in [0.25, 0.3) is 5.91 Å². The molecular weight excluding hydrogens is 406 g/mol. The van der Waals surface area contributed by atoms with Gasteiger partial charge in [0.1, 0.15) is 11.8 Å². The maximum absolute atomic E-state index is 13.3. The highest BCUT2D eigenvalue weighted by Gasteiger charge is 2.35. The second kappa shape index (κ2) is 7.95. The Morgan fingerprint density at radius 3 is 2.66 bits per heavy atom. The number of rotatable bonds is 4. The van der Waals surface area contributed by atoms with E-state index >= 15 is 0 Å². The third-order valence-corrected chi connectivity index (χ3v) is 5.11. The first-order valence-electron chi connectivity index (χ1n) is 9.96. The largest absolute Gasteiger partial charge is 0.508 e. The molecule has 3 N–H and O–H groups in total. The van der Waals surface area contributed by atoms with Gasteiger partial charge in [-0.3, -0.25) is 14.8 Å². The van der Waals surface area contributed by atoms with E-state index in [2.05, 4.69) is 30.7 Å². The van der Waals surface area contributed by atoms with Gasteiger partial charge < -0.3 is 15.7 Å². The van der Waals surface area contributed by atoms with Crippen LogP contribution in [-0.2, 0) is 4.79 Å². The van der Waals surface area contributed by atoms with Gasteiger partial charge in [-0.1, -0.05) is 6.07 Å². The molecule has 0 fully saturated rings. The monoisotopic (exact) mass is 425 g/mol. The first kappa shape index (κ1) is 19.4. The van der Waals surface area contributed by atoms with E-state index < -0.39 is 6.04 Å². The number of carbonyl (C=O) groups excluding carboxylic acids is 1. The van der Waals surface area contributed by atoms with Gasteiger partial charge in [0, 0.05) is 23.7 Å². The number of allylic oxidation sites excluding steroid dienone is 1. The summed E-state index contributed by atoms with van der Waals surface area (Å²) in [5, 5.41) is 20.4. The van der Waals surface area contributed by atoms with Gasteiger partial charge in [0.2, 0.25) is 5.95 Å². The summed E-state index contributed by atoms with van der Waals surface area (Å²) in [6.07, 6.45) is 4.91. The summed E-state index contributed by atoms with van der Waals surface area (Å²) in [5.41, 5.74) is 3.12. The Labute approximate surface area is 183 Å². The van der Waals surface area contributed by atoms with Crippen LogP contribution in [0.25, 0.3) is 11.4 Å². The first-order chi connectivity index (χ1) is 15.6. The Kier molecular flexibility index (Phi) is 4.83. The molecule has 0 bridgehead atoms. The summed E-state index contributed by atoms with van der Waals surface area (Å²) in [6, 6.07) is 15.1. The van der Waals surface area contributed by atoms with Crippen LogP contribution in [0.5, 0.6) is 5.75 Å². The normalized spacial score (nSPS) is 15.1. The molecule has 4 heterocycles. The lowest BCUT2D eigenvalue weighted by Crippen LogP contribution is -2.32. The lowest BCUT2D eigenvalue weighted by atomic mass is 9.98. The molecule has 1 aliphatic rings. The zero-order valence-corrected chi connectivity index (χ0v) is 17.1. The second-order valence-electron chi connectivity index (χ2n) is 7.27. The predicted molar refractivity (Wildman–Crippen MR) is 119 cm³/mol. The van der Waals surface area contributed by atoms with Crippen LogP contribution in [-0.4, -0.2) is 35.7 Å². The number of aromatic hydroxyl groups is 1. The smallest absolute Gasteiger partial charge is 0.255 e. The number of amides is 1. The summed E-state index contributed by atoms with van der Waals surface area (Å²) >= 11 is 0. The number of fused-ring (bicyclic) bond motifs is 1. The zero-order chi connectivity index (χ0) is 22.1. The van der Waals surface area contributed by atoms with Crippen molar-refractivity contribution in [3.8, 4) is 17.1 Å². The molecule has 0 radical (unpaired) electrons. The number of hydrogen-bond donors (Lipinski definition) is 3. The van der Waals surface area contributed by atoms with E-state index in [1.54, 1.807) is 59.7 Å². The van der Waals surface area contributed by atoms with E-state index in [9.17, 15) is 9.90 Å².